The summed E-state index contributed by atoms with van der Waals surface area (Å²) in [4.78, 5) is 8.84. The van der Waals surface area contributed by atoms with Gasteiger partial charge in [0.2, 0.25) is 0 Å². The van der Waals surface area contributed by atoms with Gasteiger partial charge in [-0.1, -0.05) is 0 Å². The fourth-order valence-corrected chi connectivity index (χ4v) is 2.75. The van der Waals surface area contributed by atoms with Crippen LogP contribution in [0.4, 0.5) is 5.82 Å². The monoisotopic (exact) mass is 314 g/mol. The van der Waals surface area contributed by atoms with Gasteiger partial charge in [0.1, 0.15) is 23.6 Å². The van der Waals surface area contributed by atoms with E-state index >= 15 is 0 Å². The fourth-order valence-electron chi connectivity index (χ4n) is 2.75. The van der Waals surface area contributed by atoms with E-state index in [1.807, 2.05) is 12.1 Å². The highest BCUT2D eigenvalue weighted by Crippen LogP contribution is 2.29. The zero-order chi connectivity index (χ0) is 16.4. The highest BCUT2D eigenvalue weighted by atomic mass is 16.3. The Labute approximate surface area is 135 Å². The van der Waals surface area contributed by atoms with Crippen LogP contribution in [-0.2, 0) is 6.54 Å². The molecule has 0 aliphatic heterocycles. The van der Waals surface area contributed by atoms with Crippen LogP contribution in [0.3, 0.4) is 0 Å². The number of aryl methyl sites for hydroxylation is 1. The maximum Gasteiger partial charge on any atom is 0.146 e. The summed E-state index contributed by atoms with van der Waals surface area (Å²) in [6, 6.07) is 3.85. The van der Waals surface area contributed by atoms with Crippen molar-refractivity contribution in [1.29, 1.82) is 0 Å². The summed E-state index contributed by atoms with van der Waals surface area (Å²) in [5.41, 5.74) is 3.20. The van der Waals surface area contributed by atoms with Gasteiger partial charge in [-0.2, -0.15) is 0 Å². The van der Waals surface area contributed by atoms with E-state index in [1.54, 1.807) is 19.5 Å². The third kappa shape index (κ3) is 3.07. The van der Waals surface area contributed by atoms with E-state index < -0.39 is 0 Å². The van der Waals surface area contributed by atoms with Crippen molar-refractivity contribution in [2.24, 2.45) is 0 Å². The number of anilines is 1. The molecule has 1 atom stereocenters. The summed E-state index contributed by atoms with van der Waals surface area (Å²) in [5, 5.41) is 13.7. The Morgan fingerprint density at radius 1 is 1.35 bits per heavy atom. The molecule has 0 fully saturated rings. The van der Waals surface area contributed by atoms with Crippen molar-refractivity contribution < 1.29 is 9.52 Å². The lowest BCUT2D eigenvalue weighted by Crippen LogP contribution is -2.11. The van der Waals surface area contributed by atoms with Crippen molar-refractivity contribution in [3.8, 4) is 0 Å². The second-order valence-electron chi connectivity index (χ2n) is 5.86. The van der Waals surface area contributed by atoms with Gasteiger partial charge >= 0.3 is 0 Å². The van der Waals surface area contributed by atoms with Crippen LogP contribution in [-0.4, -0.2) is 32.3 Å². The van der Waals surface area contributed by atoms with Gasteiger partial charge in [-0.05, 0) is 44.9 Å². The predicted octanol–water partition coefficient (Wildman–Crippen LogP) is 2.87. The van der Waals surface area contributed by atoms with Crippen molar-refractivity contribution in [2.75, 3.05) is 11.9 Å². The number of hydrogen-bond donors (Lipinski definition) is 2. The van der Waals surface area contributed by atoms with Gasteiger partial charge in [0, 0.05) is 12.2 Å². The minimum Gasteiger partial charge on any atom is -0.467 e. The number of hydrogen-bond acceptors (Lipinski definition) is 5. The number of aromatic nitrogens is 3. The molecule has 0 saturated heterocycles. The fraction of sp³-hybridized carbons (Fsp3) is 0.412. The number of nitrogens with one attached hydrogen (secondary N) is 1. The van der Waals surface area contributed by atoms with Crippen molar-refractivity contribution >= 4 is 16.9 Å². The SMILES string of the molecule is Cc1c(C)n(Cc2ccco2)c2ncnc(NCCC(C)O)c12. The highest BCUT2D eigenvalue weighted by molar-refractivity contribution is 5.91. The van der Waals surface area contributed by atoms with Gasteiger partial charge in [-0.25, -0.2) is 9.97 Å². The molecular weight excluding hydrogens is 292 g/mol. The molecule has 0 aliphatic carbocycles. The minimum absolute atomic E-state index is 0.328. The van der Waals surface area contributed by atoms with Crippen molar-refractivity contribution in [2.45, 2.75) is 39.8 Å². The standard InChI is InChI=1S/C17H22N4O2/c1-11(22)6-7-18-16-15-12(2)13(3)21(17(15)20-10-19-16)9-14-5-4-8-23-14/h4-5,8,10-11,22H,6-7,9H2,1-3H3,(H,18,19,20). The second kappa shape index (κ2) is 6.42. The van der Waals surface area contributed by atoms with E-state index in [0.717, 1.165) is 33.9 Å². The molecule has 2 N–H and O–H groups in total. The van der Waals surface area contributed by atoms with Gasteiger partial charge < -0.3 is 19.4 Å². The Morgan fingerprint density at radius 2 is 2.17 bits per heavy atom. The number of aliphatic hydroxyl groups excluding tert-OH is 1. The molecule has 6 heteroatoms. The smallest absolute Gasteiger partial charge is 0.146 e. The van der Waals surface area contributed by atoms with Crippen molar-refractivity contribution in [3.05, 3.63) is 41.7 Å². The number of aliphatic hydroxyl groups is 1. The molecule has 3 rings (SSSR count). The Kier molecular flexibility index (Phi) is 4.34. The Hall–Kier alpha value is -2.34. The Morgan fingerprint density at radius 3 is 2.87 bits per heavy atom. The van der Waals surface area contributed by atoms with Crippen molar-refractivity contribution in [3.63, 3.8) is 0 Å². The lowest BCUT2D eigenvalue weighted by atomic mass is 10.2. The first kappa shape index (κ1) is 15.6. The molecule has 0 radical (unpaired) electrons. The van der Waals surface area contributed by atoms with Crippen LogP contribution in [0.25, 0.3) is 11.0 Å². The zero-order valence-electron chi connectivity index (χ0n) is 13.7. The van der Waals surface area contributed by atoms with Crippen molar-refractivity contribution in [1.82, 2.24) is 14.5 Å². The van der Waals surface area contributed by atoms with Gasteiger partial charge in [-0.15, -0.1) is 0 Å². The molecule has 0 aliphatic rings. The van der Waals surface area contributed by atoms with E-state index in [4.69, 9.17) is 4.42 Å². The second-order valence-corrected chi connectivity index (χ2v) is 5.86. The predicted molar refractivity (Wildman–Crippen MR) is 89.6 cm³/mol. The first-order valence-corrected chi connectivity index (χ1v) is 7.82. The maximum atomic E-state index is 9.40. The first-order valence-electron chi connectivity index (χ1n) is 7.82. The lowest BCUT2D eigenvalue weighted by molar-refractivity contribution is 0.188. The van der Waals surface area contributed by atoms with Gasteiger partial charge in [0.05, 0.1) is 24.3 Å². The van der Waals surface area contributed by atoms with Crippen LogP contribution < -0.4 is 5.32 Å². The van der Waals surface area contributed by atoms with Crippen LogP contribution in [0.1, 0.15) is 30.4 Å². The normalized spacial score (nSPS) is 12.7. The molecule has 0 amide bonds. The number of nitrogens with zero attached hydrogens (tertiary/aromatic N) is 3. The lowest BCUT2D eigenvalue weighted by Gasteiger charge is -2.09. The minimum atomic E-state index is -0.328. The van der Waals surface area contributed by atoms with E-state index in [0.29, 0.717) is 19.5 Å². The molecule has 0 bridgehead atoms. The topological polar surface area (TPSA) is 76.1 Å². The summed E-state index contributed by atoms with van der Waals surface area (Å²) in [6.45, 7) is 7.27. The third-order valence-corrected chi connectivity index (χ3v) is 4.15. The van der Waals surface area contributed by atoms with Crippen LogP contribution >= 0.6 is 0 Å². The first-order chi connectivity index (χ1) is 11.1. The molecule has 3 heterocycles. The summed E-state index contributed by atoms with van der Waals surface area (Å²) < 4.78 is 7.61. The van der Waals surface area contributed by atoms with Crippen LogP contribution in [0.5, 0.6) is 0 Å². The van der Waals surface area contributed by atoms with Gasteiger partial charge in [-0.3, -0.25) is 0 Å². The number of fused-ring (bicyclic) bond motifs is 1. The van der Waals surface area contributed by atoms with E-state index in [9.17, 15) is 5.11 Å². The Bertz CT molecular complexity index is 791. The van der Waals surface area contributed by atoms with Crippen LogP contribution in [0.15, 0.2) is 29.1 Å². The Balaban J connectivity index is 1.98. The summed E-state index contributed by atoms with van der Waals surface area (Å²) in [7, 11) is 0. The molecular formula is C17H22N4O2. The number of furan rings is 1. The third-order valence-electron chi connectivity index (χ3n) is 4.15. The molecule has 0 saturated carbocycles. The van der Waals surface area contributed by atoms with E-state index in [1.165, 1.54) is 0 Å². The van der Waals surface area contributed by atoms with E-state index in [2.05, 4.69) is 33.7 Å². The summed E-state index contributed by atoms with van der Waals surface area (Å²) in [6.07, 6.45) is 3.61. The molecule has 1 unspecified atom stereocenters. The average Bonchev–Trinajstić information content (AvgIpc) is 3.11. The highest BCUT2D eigenvalue weighted by Gasteiger charge is 2.17. The van der Waals surface area contributed by atoms with E-state index in [-0.39, 0.29) is 6.10 Å². The molecule has 6 nitrogen and oxygen atoms in total. The van der Waals surface area contributed by atoms with Gasteiger partial charge in [0.25, 0.3) is 0 Å². The van der Waals surface area contributed by atoms with Crippen LogP contribution in [0.2, 0.25) is 0 Å². The summed E-state index contributed by atoms with van der Waals surface area (Å²) >= 11 is 0. The maximum absolute atomic E-state index is 9.40. The van der Waals surface area contributed by atoms with Gasteiger partial charge in [0.15, 0.2) is 0 Å². The molecule has 23 heavy (non-hydrogen) atoms. The summed E-state index contributed by atoms with van der Waals surface area (Å²) in [5.74, 6) is 1.71. The molecule has 0 aromatic carbocycles. The average molecular weight is 314 g/mol. The molecule has 3 aromatic heterocycles. The molecule has 0 spiro atoms. The molecule has 3 aromatic rings. The quantitative estimate of drug-likeness (QED) is 0.731. The number of rotatable bonds is 6. The largest absolute Gasteiger partial charge is 0.467 e. The zero-order valence-corrected chi connectivity index (χ0v) is 13.7. The molecule has 122 valence electrons. The van der Waals surface area contributed by atoms with Crippen LogP contribution in [0, 0.1) is 13.8 Å².